The molecule has 13 aromatic carbocycles. The van der Waals surface area contributed by atoms with Crippen LogP contribution in [0.4, 0.5) is 0 Å². The molecule has 0 atom stereocenters. The van der Waals surface area contributed by atoms with Gasteiger partial charge < -0.3 is 0 Å². The van der Waals surface area contributed by atoms with E-state index in [-0.39, 0.29) is 0 Å². The van der Waals surface area contributed by atoms with Crippen molar-refractivity contribution in [2.24, 2.45) is 0 Å². The van der Waals surface area contributed by atoms with Crippen LogP contribution in [0.25, 0.3) is 157 Å². The molecular formula is C82H54N6. The summed E-state index contributed by atoms with van der Waals surface area (Å²) in [4.78, 5) is 21.8. The van der Waals surface area contributed by atoms with Gasteiger partial charge in [0.05, 0.1) is 33.3 Å². The number of hydrogen-bond donors (Lipinski definition) is 0. The van der Waals surface area contributed by atoms with Gasteiger partial charge in [-0.25, -0.2) is 19.9 Å². The number of rotatable bonds is 12. The third-order valence-corrected chi connectivity index (χ3v) is 16.8. The average molecular weight is 1120 g/mol. The molecular weight excluding hydrogens is 1070 g/mol. The van der Waals surface area contributed by atoms with E-state index in [1.165, 1.54) is 0 Å². The first-order chi connectivity index (χ1) is 43.6. The molecule has 0 spiro atoms. The first-order valence-corrected chi connectivity index (χ1v) is 29.8. The quantitative estimate of drug-likeness (QED) is 0.122. The van der Waals surface area contributed by atoms with E-state index in [1.54, 1.807) is 0 Å². The van der Waals surface area contributed by atoms with E-state index >= 15 is 0 Å². The summed E-state index contributed by atoms with van der Waals surface area (Å²) in [6, 6.07) is 116. The fraction of sp³-hybridized carbons (Fsp3) is 0. The maximum atomic E-state index is 5.64. The lowest BCUT2D eigenvalue weighted by atomic mass is 9.91. The van der Waals surface area contributed by atoms with E-state index < -0.39 is 0 Å². The van der Waals surface area contributed by atoms with Gasteiger partial charge in [-0.3, -0.25) is 9.13 Å². The van der Waals surface area contributed by atoms with Gasteiger partial charge in [0, 0.05) is 44.6 Å². The van der Waals surface area contributed by atoms with Crippen LogP contribution in [0.15, 0.2) is 328 Å². The second-order valence-electron chi connectivity index (χ2n) is 22.2. The van der Waals surface area contributed by atoms with Crippen molar-refractivity contribution in [3.63, 3.8) is 0 Å². The fourth-order valence-corrected chi connectivity index (χ4v) is 12.4. The highest BCUT2D eigenvalue weighted by atomic mass is 15.1. The van der Waals surface area contributed by atoms with E-state index in [4.69, 9.17) is 19.9 Å². The van der Waals surface area contributed by atoms with Crippen LogP contribution >= 0.6 is 0 Å². The highest BCUT2D eigenvalue weighted by molar-refractivity contribution is 6.05. The van der Waals surface area contributed by atoms with Crippen molar-refractivity contribution in [1.29, 1.82) is 0 Å². The molecule has 412 valence electrons. The zero-order chi connectivity index (χ0) is 58.3. The Morgan fingerprint density at radius 3 is 1.05 bits per heavy atom. The largest absolute Gasteiger partial charge is 0.292 e. The van der Waals surface area contributed by atoms with Gasteiger partial charge in [-0.05, 0) is 134 Å². The highest BCUT2D eigenvalue weighted by Crippen LogP contribution is 2.42. The summed E-state index contributed by atoms with van der Waals surface area (Å²) in [7, 11) is 0. The molecule has 3 aromatic heterocycles. The zero-order valence-corrected chi connectivity index (χ0v) is 47.9. The monoisotopic (exact) mass is 1120 g/mol. The molecule has 88 heavy (non-hydrogen) atoms. The predicted molar refractivity (Wildman–Crippen MR) is 363 cm³/mol. The first-order valence-electron chi connectivity index (χ1n) is 29.8. The fourth-order valence-electron chi connectivity index (χ4n) is 12.4. The Morgan fingerprint density at radius 2 is 0.568 bits per heavy atom. The Balaban J connectivity index is 0.850. The Morgan fingerprint density at radius 1 is 0.216 bits per heavy atom. The molecule has 0 unspecified atom stereocenters. The number of imidazole rings is 2. The highest BCUT2D eigenvalue weighted by Gasteiger charge is 2.21. The third-order valence-electron chi connectivity index (χ3n) is 16.8. The molecule has 0 bridgehead atoms. The van der Waals surface area contributed by atoms with Gasteiger partial charge in [0.1, 0.15) is 11.6 Å². The number of hydrogen-bond acceptors (Lipinski definition) is 4. The lowest BCUT2D eigenvalue weighted by molar-refractivity contribution is 1.10. The number of para-hydroxylation sites is 2. The van der Waals surface area contributed by atoms with E-state index in [0.717, 1.165) is 151 Å². The lowest BCUT2D eigenvalue weighted by Crippen LogP contribution is -1.98. The Kier molecular flexibility index (Phi) is 13.1. The van der Waals surface area contributed by atoms with Crippen molar-refractivity contribution in [3.05, 3.63) is 328 Å². The molecule has 0 radical (unpaired) electrons. The molecule has 0 aliphatic rings. The van der Waals surface area contributed by atoms with Crippen LogP contribution in [0, 0.1) is 0 Å². The average Bonchev–Trinajstić information content (AvgIpc) is 2.05. The topological polar surface area (TPSA) is 61.4 Å². The molecule has 0 aliphatic heterocycles. The number of fused-ring (bicyclic) bond motifs is 3. The molecule has 6 heteroatoms. The van der Waals surface area contributed by atoms with Crippen molar-refractivity contribution in [2.45, 2.75) is 0 Å². The van der Waals surface area contributed by atoms with Gasteiger partial charge >= 0.3 is 0 Å². The number of aromatic nitrogens is 6. The van der Waals surface area contributed by atoms with Gasteiger partial charge in [0.25, 0.3) is 0 Å². The van der Waals surface area contributed by atoms with Crippen LogP contribution in [0.5, 0.6) is 0 Å². The maximum absolute atomic E-state index is 5.64. The summed E-state index contributed by atoms with van der Waals surface area (Å²) in [6.45, 7) is 0. The predicted octanol–water partition coefficient (Wildman–Crippen LogP) is 21.0. The molecule has 0 aliphatic carbocycles. The Labute approximate surface area is 510 Å². The summed E-state index contributed by atoms with van der Waals surface area (Å²) >= 11 is 0. The van der Waals surface area contributed by atoms with E-state index in [0.29, 0.717) is 5.82 Å². The lowest BCUT2D eigenvalue weighted by Gasteiger charge is -2.17. The van der Waals surface area contributed by atoms with Gasteiger partial charge in [0.2, 0.25) is 0 Å². The van der Waals surface area contributed by atoms with E-state index in [9.17, 15) is 0 Å². The van der Waals surface area contributed by atoms with Crippen LogP contribution < -0.4 is 0 Å². The van der Waals surface area contributed by atoms with Crippen molar-refractivity contribution < 1.29 is 0 Å². The zero-order valence-electron chi connectivity index (χ0n) is 47.9. The third kappa shape index (κ3) is 9.71. The molecule has 0 N–H and O–H groups in total. The van der Waals surface area contributed by atoms with Crippen LogP contribution in [-0.4, -0.2) is 29.1 Å². The van der Waals surface area contributed by atoms with Crippen molar-refractivity contribution >= 4 is 33.0 Å². The van der Waals surface area contributed by atoms with Gasteiger partial charge in [0.15, 0.2) is 5.82 Å². The summed E-state index contributed by atoms with van der Waals surface area (Å²) in [5.74, 6) is 2.44. The number of nitrogens with zero attached hydrogens (tertiary/aromatic N) is 6. The molecule has 6 nitrogen and oxygen atoms in total. The molecule has 3 heterocycles. The normalized spacial score (nSPS) is 11.4. The molecule has 0 saturated carbocycles. The van der Waals surface area contributed by atoms with Gasteiger partial charge in [-0.2, -0.15) is 0 Å². The SMILES string of the molecule is c1ccc(-c2cccc(-c3cc(-c4cccc(-c5ccccc5)c4)c4nc(-c5ccc(-c6ccc7c(c6)nc(-c6ccccc6)n7-c6ccccc6)cc5)nc(-c5ccc(-c6ccc7c(c6)nc(-c6ccccc6)n7-c6ccccc6)cc5)c4c3)c2)cc1. The first kappa shape index (κ1) is 51.8. The van der Waals surface area contributed by atoms with Crippen LogP contribution in [0.3, 0.4) is 0 Å². The van der Waals surface area contributed by atoms with Crippen molar-refractivity contribution in [3.8, 4) is 124 Å². The van der Waals surface area contributed by atoms with E-state index in [1.807, 2.05) is 18.2 Å². The summed E-state index contributed by atoms with van der Waals surface area (Å²) < 4.78 is 4.50. The maximum Gasteiger partial charge on any atom is 0.160 e. The minimum Gasteiger partial charge on any atom is -0.292 e. The van der Waals surface area contributed by atoms with E-state index in [2.05, 4.69) is 319 Å². The van der Waals surface area contributed by atoms with Gasteiger partial charge in [-0.1, -0.05) is 255 Å². The second kappa shape index (κ2) is 22.3. The molecule has 0 saturated heterocycles. The second-order valence-corrected chi connectivity index (χ2v) is 22.2. The summed E-state index contributed by atoms with van der Waals surface area (Å²) in [5.41, 5.74) is 24.9. The van der Waals surface area contributed by atoms with Crippen molar-refractivity contribution in [2.75, 3.05) is 0 Å². The Bertz CT molecular complexity index is 5200. The van der Waals surface area contributed by atoms with Crippen LogP contribution in [0.2, 0.25) is 0 Å². The summed E-state index contributed by atoms with van der Waals surface area (Å²) in [5, 5.41) is 0.954. The molecule has 0 amide bonds. The molecule has 16 rings (SSSR count). The van der Waals surface area contributed by atoms with Gasteiger partial charge in [-0.15, -0.1) is 0 Å². The smallest absolute Gasteiger partial charge is 0.160 e. The van der Waals surface area contributed by atoms with Crippen LogP contribution in [0.1, 0.15) is 0 Å². The Hall–Kier alpha value is -11.9. The van der Waals surface area contributed by atoms with Crippen LogP contribution in [-0.2, 0) is 0 Å². The minimum atomic E-state index is 0.635. The number of benzene rings is 13. The molecule has 0 fully saturated rings. The minimum absolute atomic E-state index is 0.635. The van der Waals surface area contributed by atoms with Crippen molar-refractivity contribution in [1.82, 2.24) is 29.1 Å². The summed E-state index contributed by atoms with van der Waals surface area (Å²) in [6.07, 6.45) is 0. The molecule has 16 aromatic rings. The standard InChI is InChI=1S/C82H54N6/c1-7-21-55(22-8-1)63-29-19-31-65(49-63)69-51-72(68-32-20-30-64(50-68)56-23-9-2-10-24-56)79-73(52-69)78(59-41-37-57(38-42-59)66-45-47-76-74(53-66)83-81(61-25-11-3-12-26-61)87(76)70-33-15-5-16-34-70)85-80(86-79)60-43-39-58(40-44-60)67-46-48-77-75(54-67)84-82(62-27-13-4-14-28-62)88(77)71-35-17-6-18-36-71/h1-54H.